The quantitative estimate of drug-likeness (QED) is 0.601. The van der Waals surface area contributed by atoms with E-state index < -0.39 is 11.7 Å². The molecule has 0 N–H and O–H groups in total. The van der Waals surface area contributed by atoms with Crippen LogP contribution in [0.1, 0.15) is 5.56 Å². The van der Waals surface area contributed by atoms with Gasteiger partial charge in [-0.1, -0.05) is 30.3 Å². The molecule has 0 amide bonds. The minimum Gasteiger partial charge on any atom is -0.166 e. The third kappa shape index (κ3) is 1.58. The summed E-state index contributed by atoms with van der Waals surface area (Å²) in [6.45, 7) is 0. The lowest BCUT2D eigenvalue weighted by Crippen LogP contribution is -2.02. The maximum Gasteiger partial charge on any atom is 0.416 e. The summed E-state index contributed by atoms with van der Waals surface area (Å²) in [4.78, 5) is 0. The summed E-state index contributed by atoms with van der Waals surface area (Å²) in [7, 11) is 0. The van der Waals surface area contributed by atoms with Gasteiger partial charge >= 0.3 is 6.18 Å². The van der Waals surface area contributed by atoms with Crippen LogP contribution in [-0.4, -0.2) is 0 Å². The normalized spacial score (nSPS) is 11.9. The van der Waals surface area contributed by atoms with Gasteiger partial charge in [0.25, 0.3) is 0 Å². The van der Waals surface area contributed by atoms with Crippen molar-refractivity contribution in [2.75, 3.05) is 0 Å². The van der Waals surface area contributed by atoms with Gasteiger partial charge < -0.3 is 0 Å². The van der Waals surface area contributed by atoms with Crippen LogP contribution in [0.2, 0.25) is 0 Å². The van der Waals surface area contributed by atoms with Crippen LogP contribution in [0.4, 0.5) is 13.2 Å². The van der Waals surface area contributed by atoms with E-state index >= 15 is 0 Å². The van der Waals surface area contributed by atoms with E-state index in [4.69, 9.17) is 0 Å². The van der Waals surface area contributed by atoms with E-state index in [0.29, 0.717) is 0 Å². The first-order valence-electron chi connectivity index (χ1n) is 4.13. The molecule has 0 nitrogen and oxygen atoms in total. The van der Waals surface area contributed by atoms with Gasteiger partial charge in [-0.2, -0.15) is 13.2 Å². The summed E-state index contributed by atoms with van der Waals surface area (Å²) in [5.41, 5.74) is 1.02. The molecule has 0 aromatic carbocycles. The topological polar surface area (TPSA) is 0 Å². The van der Waals surface area contributed by atoms with Crippen molar-refractivity contribution in [1.29, 1.82) is 0 Å². The Kier molecular flexibility index (Phi) is 1.95. The van der Waals surface area contributed by atoms with Gasteiger partial charge in [-0.3, -0.25) is 0 Å². The molecule has 0 aromatic rings. The highest BCUT2D eigenvalue weighted by molar-refractivity contribution is 5.65. The van der Waals surface area contributed by atoms with Gasteiger partial charge in [-0.05, 0) is 23.3 Å². The van der Waals surface area contributed by atoms with E-state index in [1.165, 1.54) is 12.1 Å². The molecule has 0 spiro atoms. The van der Waals surface area contributed by atoms with Crippen LogP contribution in [0.15, 0.2) is 42.5 Å². The third-order valence-corrected chi connectivity index (χ3v) is 2.10. The van der Waals surface area contributed by atoms with Crippen molar-refractivity contribution >= 4 is 0 Å². The Morgan fingerprint density at radius 1 is 0.714 bits per heavy atom. The van der Waals surface area contributed by atoms with Gasteiger partial charge in [0.1, 0.15) is 0 Å². The zero-order valence-electron chi connectivity index (χ0n) is 7.18. The summed E-state index contributed by atoms with van der Waals surface area (Å²) in [6, 6.07) is 10.6. The van der Waals surface area contributed by atoms with Crippen molar-refractivity contribution in [2.45, 2.75) is 6.18 Å². The molecule has 0 bridgehead atoms. The minimum atomic E-state index is -4.27. The van der Waals surface area contributed by atoms with Crippen molar-refractivity contribution < 1.29 is 13.2 Å². The molecule has 0 fully saturated rings. The van der Waals surface area contributed by atoms with Crippen molar-refractivity contribution in [2.24, 2.45) is 0 Å². The zero-order chi connectivity index (χ0) is 10.2. The minimum absolute atomic E-state index is 0.617. The van der Waals surface area contributed by atoms with E-state index in [2.05, 4.69) is 0 Å². The SMILES string of the molecule is FC(F)(F)c1ccc2cccc-2cc1. The van der Waals surface area contributed by atoms with Gasteiger partial charge in [0.05, 0.1) is 5.56 Å². The molecular weight excluding hydrogens is 189 g/mol. The predicted molar refractivity (Wildman–Crippen MR) is 48.1 cm³/mol. The predicted octanol–water partition coefficient (Wildman–Crippen LogP) is 3.81. The second kappa shape index (κ2) is 3.01. The van der Waals surface area contributed by atoms with Crippen molar-refractivity contribution in [3.8, 4) is 11.1 Å². The number of alkyl halides is 3. The first kappa shape index (κ1) is 9.06. The number of rotatable bonds is 0. The lowest BCUT2D eigenvalue weighted by molar-refractivity contribution is -0.137. The highest BCUT2D eigenvalue weighted by atomic mass is 19.4. The molecule has 0 heterocycles. The third-order valence-electron chi connectivity index (χ3n) is 2.10. The first-order valence-corrected chi connectivity index (χ1v) is 4.13. The lowest BCUT2D eigenvalue weighted by atomic mass is 10.2. The molecule has 72 valence electrons. The number of fused-ring (bicyclic) bond motifs is 1. The van der Waals surface area contributed by atoms with E-state index in [-0.39, 0.29) is 0 Å². The van der Waals surface area contributed by atoms with Gasteiger partial charge in [-0.15, -0.1) is 0 Å². The second-order valence-electron chi connectivity index (χ2n) is 3.06. The molecule has 3 heteroatoms. The number of hydrogen-bond acceptors (Lipinski definition) is 0. The molecule has 0 aromatic heterocycles. The van der Waals surface area contributed by atoms with Crippen molar-refractivity contribution in [3.05, 3.63) is 48.0 Å². The molecule has 0 saturated carbocycles. The average Bonchev–Trinajstić information content (AvgIpc) is 2.42. The Labute approximate surface area is 79.3 Å². The van der Waals surface area contributed by atoms with Crippen LogP contribution in [0.3, 0.4) is 0 Å². The maximum atomic E-state index is 12.3. The smallest absolute Gasteiger partial charge is 0.166 e. The fourth-order valence-electron chi connectivity index (χ4n) is 1.36. The Morgan fingerprint density at radius 2 is 1.21 bits per heavy atom. The van der Waals surface area contributed by atoms with Crippen molar-refractivity contribution in [1.82, 2.24) is 0 Å². The summed E-state index contributed by atoms with van der Waals surface area (Å²) in [6.07, 6.45) is -4.27. The largest absolute Gasteiger partial charge is 0.416 e. The summed E-state index contributed by atoms with van der Waals surface area (Å²) in [5, 5.41) is 0. The first-order chi connectivity index (χ1) is 6.57. The van der Waals surface area contributed by atoms with E-state index in [1.807, 2.05) is 6.07 Å². The average molecular weight is 196 g/mol. The van der Waals surface area contributed by atoms with Crippen LogP contribution in [0, 0.1) is 0 Å². The molecule has 2 aliphatic rings. The fourth-order valence-corrected chi connectivity index (χ4v) is 1.36. The number of halogens is 3. The monoisotopic (exact) mass is 196 g/mol. The molecule has 14 heavy (non-hydrogen) atoms. The second-order valence-corrected chi connectivity index (χ2v) is 3.06. The molecule has 0 atom stereocenters. The summed E-state index contributed by atoms with van der Waals surface area (Å²) < 4.78 is 36.9. The molecular formula is C11H7F3. The van der Waals surface area contributed by atoms with Gasteiger partial charge in [0.2, 0.25) is 0 Å². The fraction of sp³-hybridized carbons (Fsp3) is 0.0909. The van der Waals surface area contributed by atoms with Crippen LogP contribution < -0.4 is 0 Å². The molecule has 0 aliphatic heterocycles. The molecule has 0 saturated heterocycles. The van der Waals surface area contributed by atoms with Crippen molar-refractivity contribution in [3.63, 3.8) is 0 Å². The highest BCUT2D eigenvalue weighted by Gasteiger charge is 2.29. The zero-order valence-corrected chi connectivity index (χ0v) is 7.18. The highest BCUT2D eigenvalue weighted by Crippen LogP contribution is 2.31. The van der Waals surface area contributed by atoms with Crippen LogP contribution >= 0.6 is 0 Å². The van der Waals surface area contributed by atoms with E-state index in [1.54, 1.807) is 12.1 Å². The molecule has 2 aliphatic carbocycles. The van der Waals surface area contributed by atoms with Crippen LogP contribution in [0.5, 0.6) is 0 Å². The van der Waals surface area contributed by atoms with Gasteiger partial charge in [-0.25, -0.2) is 0 Å². The Morgan fingerprint density at radius 3 is 1.64 bits per heavy atom. The van der Waals surface area contributed by atoms with Gasteiger partial charge in [0.15, 0.2) is 0 Å². The Hall–Kier alpha value is -1.51. The molecule has 0 radical (unpaired) electrons. The van der Waals surface area contributed by atoms with Crippen LogP contribution in [0.25, 0.3) is 11.1 Å². The van der Waals surface area contributed by atoms with Gasteiger partial charge in [0, 0.05) is 0 Å². The van der Waals surface area contributed by atoms with E-state index in [0.717, 1.165) is 23.3 Å². The Bertz CT molecular complexity index is 387. The lowest BCUT2D eigenvalue weighted by Gasteiger charge is -2.02. The van der Waals surface area contributed by atoms with Crippen LogP contribution in [-0.2, 0) is 6.18 Å². The summed E-state index contributed by atoms with van der Waals surface area (Å²) >= 11 is 0. The number of hydrogen-bond donors (Lipinski definition) is 0. The van der Waals surface area contributed by atoms with E-state index in [9.17, 15) is 13.2 Å². The molecule has 2 rings (SSSR count). The molecule has 0 unspecified atom stereocenters. The summed E-state index contributed by atoms with van der Waals surface area (Å²) in [5.74, 6) is 0. The standard InChI is InChI=1S/C11H7F3/c12-11(13,14)10-6-4-8-2-1-3-9(8)5-7-10/h1-7H. The maximum absolute atomic E-state index is 12.3. The Balaban J connectivity index is 2.57.